The molecule has 16 heavy (non-hydrogen) atoms. The predicted octanol–water partition coefficient (Wildman–Crippen LogP) is 2.87. The normalized spacial score (nSPS) is 11.2. The Balaban J connectivity index is 2.59. The van der Waals surface area contributed by atoms with E-state index in [4.69, 9.17) is 4.84 Å². The van der Waals surface area contributed by atoms with Crippen molar-refractivity contribution in [3.05, 3.63) is 29.8 Å². The maximum atomic E-state index is 11.6. The maximum absolute atomic E-state index is 11.6. The van der Waals surface area contributed by atoms with Gasteiger partial charge in [-0.25, -0.2) is 5.48 Å². The molecule has 0 aliphatic rings. The van der Waals surface area contributed by atoms with Gasteiger partial charge in [-0.3, -0.25) is 9.63 Å². The molecule has 0 aromatic heterocycles. The molecule has 0 radical (unpaired) electrons. The molecule has 3 nitrogen and oxygen atoms in total. The first-order chi connectivity index (χ1) is 7.42. The summed E-state index contributed by atoms with van der Waals surface area (Å²) >= 11 is 1.64. The van der Waals surface area contributed by atoms with E-state index in [1.165, 1.54) is 0 Å². The van der Waals surface area contributed by atoms with E-state index in [0.717, 1.165) is 4.90 Å². The largest absolute Gasteiger partial charge is 0.274 e. The van der Waals surface area contributed by atoms with Gasteiger partial charge < -0.3 is 0 Å². The Morgan fingerprint density at radius 1 is 1.25 bits per heavy atom. The Morgan fingerprint density at radius 3 is 2.25 bits per heavy atom. The number of nitrogens with one attached hydrogen (secondary N) is 1. The minimum atomic E-state index is -0.380. The zero-order valence-corrected chi connectivity index (χ0v) is 10.9. The molecular formula is C12H17NO2S. The summed E-state index contributed by atoms with van der Waals surface area (Å²) in [5.74, 6) is -0.220. The van der Waals surface area contributed by atoms with E-state index in [-0.39, 0.29) is 11.5 Å². The summed E-state index contributed by atoms with van der Waals surface area (Å²) in [7, 11) is 0. The Morgan fingerprint density at radius 2 is 1.81 bits per heavy atom. The van der Waals surface area contributed by atoms with Gasteiger partial charge in [0.05, 0.1) is 5.60 Å². The van der Waals surface area contributed by atoms with Gasteiger partial charge in [0, 0.05) is 10.5 Å². The van der Waals surface area contributed by atoms with E-state index >= 15 is 0 Å². The second-order valence-electron chi connectivity index (χ2n) is 4.37. The second kappa shape index (κ2) is 5.37. The molecule has 0 unspecified atom stereocenters. The molecule has 0 bridgehead atoms. The Labute approximate surface area is 101 Å². The van der Waals surface area contributed by atoms with Gasteiger partial charge in [0.15, 0.2) is 0 Å². The van der Waals surface area contributed by atoms with E-state index < -0.39 is 0 Å². The summed E-state index contributed by atoms with van der Waals surface area (Å²) in [6, 6.07) is 7.40. The van der Waals surface area contributed by atoms with Gasteiger partial charge in [-0.1, -0.05) is 0 Å². The van der Waals surface area contributed by atoms with Crippen molar-refractivity contribution in [1.82, 2.24) is 5.48 Å². The lowest BCUT2D eigenvalue weighted by Crippen LogP contribution is -2.33. The number of thioether (sulfide) groups is 1. The molecule has 1 N–H and O–H groups in total. The summed E-state index contributed by atoms with van der Waals surface area (Å²) in [4.78, 5) is 18.0. The molecule has 0 atom stereocenters. The Kier molecular flexibility index (Phi) is 4.38. The van der Waals surface area contributed by atoms with Crippen molar-refractivity contribution in [2.45, 2.75) is 31.3 Å². The van der Waals surface area contributed by atoms with Crippen LogP contribution in [0.5, 0.6) is 0 Å². The van der Waals surface area contributed by atoms with E-state index in [2.05, 4.69) is 5.48 Å². The minimum Gasteiger partial charge on any atom is -0.268 e. The van der Waals surface area contributed by atoms with Crippen LogP contribution in [-0.2, 0) is 4.84 Å². The Hall–Kier alpha value is -1.00. The van der Waals surface area contributed by atoms with Gasteiger partial charge in [-0.15, -0.1) is 11.8 Å². The number of hydroxylamine groups is 1. The number of hydrogen-bond acceptors (Lipinski definition) is 3. The number of carbonyl (C=O) groups is 1. The van der Waals surface area contributed by atoms with Crippen LogP contribution < -0.4 is 5.48 Å². The van der Waals surface area contributed by atoms with Gasteiger partial charge in [-0.2, -0.15) is 0 Å². The van der Waals surface area contributed by atoms with Crippen LogP contribution in [0.25, 0.3) is 0 Å². The highest BCUT2D eigenvalue weighted by molar-refractivity contribution is 7.98. The SMILES string of the molecule is CSc1ccc(C(=O)NOC(C)(C)C)cc1. The quantitative estimate of drug-likeness (QED) is 0.651. The van der Waals surface area contributed by atoms with E-state index in [0.29, 0.717) is 5.56 Å². The second-order valence-corrected chi connectivity index (χ2v) is 5.25. The fourth-order valence-corrected chi connectivity index (χ4v) is 1.41. The molecule has 1 rings (SSSR count). The standard InChI is InChI=1S/C12H17NO2S/c1-12(2,3)15-13-11(14)9-5-7-10(16-4)8-6-9/h5-8H,1-4H3,(H,13,14). The van der Waals surface area contributed by atoms with Crippen LogP contribution in [0.1, 0.15) is 31.1 Å². The number of benzene rings is 1. The monoisotopic (exact) mass is 239 g/mol. The summed E-state index contributed by atoms with van der Waals surface area (Å²) in [5, 5.41) is 0. The fraction of sp³-hybridized carbons (Fsp3) is 0.417. The highest BCUT2D eigenvalue weighted by Crippen LogP contribution is 2.15. The van der Waals surface area contributed by atoms with Crippen molar-refractivity contribution in [1.29, 1.82) is 0 Å². The first-order valence-corrected chi connectivity index (χ1v) is 6.27. The first kappa shape index (κ1) is 13.1. The summed E-state index contributed by atoms with van der Waals surface area (Å²) in [5.41, 5.74) is 2.65. The van der Waals surface area contributed by atoms with Crippen LogP contribution in [0.15, 0.2) is 29.2 Å². The average molecular weight is 239 g/mol. The molecule has 1 aromatic carbocycles. The lowest BCUT2D eigenvalue weighted by Gasteiger charge is -2.18. The molecule has 0 aliphatic heterocycles. The van der Waals surface area contributed by atoms with E-state index in [1.807, 2.05) is 39.2 Å². The number of carbonyl (C=O) groups excluding carboxylic acids is 1. The molecule has 0 fully saturated rings. The molecule has 0 spiro atoms. The molecule has 4 heteroatoms. The molecule has 0 aliphatic carbocycles. The van der Waals surface area contributed by atoms with Crippen LogP contribution in [0.2, 0.25) is 0 Å². The third-order valence-corrected chi connectivity index (χ3v) is 2.55. The van der Waals surface area contributed by atoms with Crippen molar-refractivity contribution in [3.8, 4) is 0 Å². The zero-order valence-electron chi connectivity index (χ0n) is 10.0. The average Bonchev–Trinajstić information content (AvgIpc) is 2.25. The number of rotatable bonds is 3. The lowest BCUT2D eigenvalue weighted by molar-refractivity contribution is -0.0589. The van der Waals surface area contributed by atoms with Gasteiger partial charge in [-0.05, 0) is 51.3 Å². The van der Waals surface area contributed by atoms with Gasteiger partial charge in [0.2, 0.25) is 0 Å². The number of hydrogen-bond donors (Lipinski definition) is 1. The third-order valence-electron chi connectivity index (χ3n) is 1.80. The van der Waals surface area contributed by atoms with Crippen molar-refractivity contribution < 1.29 is 9.63 Å². The van der Waals surface area contributed by atoms with Crippen LogP contribution in [0.3, 0.4) is 0 Å². The van der Waals surface area contributed by atoms with Crippen LogP contribution in [-0.4, -0.2) is 17.8 Å². The molecule has 0 heterocycles. The van der Waals surface area contributed by atoms with Crippen molar-refractivity contribution in [2.75, 3.05) is 6.26 Å². The molecule has 1 amide bonds. The molecule has 0 saturated carbocycles. The molecular weight excluding hydrogens is 222 g/mol. The highest BCUT2D eigenvalue weighted by atomic mass is 32.2. The molecule has 1 aromatic rings. The summed E-state index contributed by atoms with van der Waals surface area (Å²) in [6.07, 6.45) is 2.00. The topological polar surface area (TPSA) is 38.3 Å². The van der Waals surface area contributed by atoms with E-state index in [9.17, 15) is 4.79 Å². The predicted molar refractivity (Wildman–Crippen MR) is 66.5 cm³/mol. The van der Waals surface area contributed by atoms with Crippen molar-refractivity contribution in [3.63, 3.8) is 0 Å². The van der Waals surface area contributed by atoms with Gasteiger partial charge in [0.1, 0.15) is 0 Å². The number of amides is 1. The molecule has 0 saturated heterocycles. The van der Waals surface area contributed by atoms with Crippen molar-refractivity contribution in [2.24, 2.45) is 0 Å². The van der Waals surface area contributed by atoms with Crippen molar-refractivity contribution >= 4 is 17.7 Å². The van der Waals surface area contributed by atoms with E-state index in [1.54, 1.807) is 23.9 Å². The maximum Gasteiger partial charge on any atom is 0.274 e. The molecule has 88 valence electrons. The van der Waals surface area contributed by atoms with Crippen LogP contribution in [0.4, 0.5) is 0 Å². The fourth-order valence-electron chi connectivity index (χ4n) is 1.00. The highest BCUT2D eigenvalue weighted by Gasteiger charge is 2.13. The summed E-state index contributed by atoms with van der Waals surface area (Å²) in [6.45, 7) is 5.64. The van der Waals surface area contributed by atoms with Gasteiger partial charge in [0.25, 0.3) is 5.91 Å². The minimum absolute atomic E-state index is 0.220. The third kappa shape index (κ3) is 4.24. The first-order valence-electron chi connectivity index (χ1n) is 5.05. The summed E-state index contributed by atoms with van der Waals surface area (Å²) < 4.78 is 0. The zero-order chi connectivity index (χ0) is 12.2. The van der Waals surface area contributed by atoms with Gasteiger partial charge >= 0.3 is 0 Å². The van der Waals surface area contributed by atoms with Crippen LogP contribution in [0, 0.1) is 0 Å². The Bertz CT molecular complexity index is 354. The lowest BCUT2D eigenvalue weighted by atomic mass is 10.2. The van der Waals surface area contributed by atoms with Crippen LogP contribution >= 0.6 is 11.8 Å². The smallest absolute Gasteiger partial charge is 0.268 e.